The Morgan fingerprint density at radius 1 is 1.11 bits per heavy atom. The summed E-state index contributed by atoms with van der Waals surface area (Å²) in [6.07, 6.45) is 5.68. The number of aryl methyl sites for hydroxylation is 2. The SMILES string of the molecule is Cc1ccc(-n2nc3c(c2Cl)CCCCC3)nn1. The standard InChI is InChI=1S/C13H15ClN4/c1-9-7-8-12(16-15-9)18-13(14)10-5-3-2-4-6-11(10)17-18/h7-8H,2-6H2,1H3. The number of fused-ring (bicyclic) bond motifs is 1. The molecule has 0 N–H and O–H groups in total. The van der Waals surface area contributed by atoms with Crippen LogP contribution in [0.25, 0.3) is 5.82 Å². The molecule has 2 aromatic heterocycles. The van der Waals surface area contributed by atoms with E-state index < -0.39 is 0 Å². The van der Waals surface area contributed by atoms with Gasteiger partial charge < -0.3 is 0 Å². The molecule has 94 valence electrons. The second-order valence-corrected chi connectivity index (χ2v) is 5.08. The maximum absolute atomic E-state index is 6.42. The molecule has 0 fully saturated rings. The summed E-state index contributed by atoms with van der Waals surface area (Å²) in [6, 6.07) is 3.83. The van der Waals surface area contributed by atoms with Crippen molar-refractivity contribution < 1.29 is 0 Å². The van der Waals surface area contributed by atoms with Crippen LogP contribution in [-0.4, -0.2) is 20.0 Å². The van der Waals surface area contributed by atoms with Crippen LogP contribution in [0.15, 0.2) is 12.1 Å². The lowest BCUT2D eigenvalue weighted by molar-refractivity contribution is 0.690. The summed E-state index contributed by atoms with van der Waals surface area (Å²) in [4.78, 5) is 0. The average Bonchev–Trinajstić information content (AvgIpc) is 2.57. The maximum Gasteiger partial charge on any atom is 0.177 e. The molecule has 0 aliphatic heterocycles. The first kappa shape index (κ1) is 11.7. The Labute approximate surface area is 111 Å². The van der Waals surface area contributed by atoms with Crippen LogP contribution >= 0.6 is 11.6 Å². The fourth-order valence-corrected chi connectivity index (χ4v) is 2.68. The first-order valence-corrected chi connectivity index (χ1v) is 6.70. The molecule has 0 saturated carbocycles. The Kier molecular flexibility index (Phi) is 3.04. The first-order chi connectivity index (χ1) is 8.75. The number of hydrogen-bond acceptors (Lipinski definition) is 3. The lowest BCUT2D eigenvalue weighted by Crippen LogP contribution is -2.02. The number of halogens is 1. The fourth-order valence-electron chi connectivity index (χ4n) is 2.35. The molecule has 0 unspecified atom stereocenters. The molecule has 3 rings (SSSR count). The zero-order chi connectivity index (χ0) is 12.5. The van der Waals surface area contributed by atoms with E-state index in [0.29, 0.717) is 11.0 Å². The van der Waals surface area contributed by atoms with Crippen molar-refractivity contribution >= 4 is 11.6 Å². The minimum absolute atomic E-state index is 0.693. The molecule has 0 radical (unpaired) electrons. The van der Waals surface area contributed by atoms with E-state index in [4.69, 9.17) is 11.6 Å². The van der Waals surface area contributed by atoms with Gasteiger partial charge in [-0.05, 0) is 44.7 Å². The summed E-state index contributed by atoms with van der Waals surface area (Å²) in [7, 11) is 0. The third-order valence-corrected chi connectivity index (χ3v) is 3.73. The molecule has 1 aliphatic rings. The summed E-state index contributed by atoms with van der Waals surface area (Å²) in [5, 5.41) is 13.5. The van der Waals surface area contributed by atoms with Crippen molar-refractivity contribution in [2.45, 2.75) is 39.0 Å². The molecule has 0 amide bonds. The van der Waals surface area contributed by atoms with Crippen molar-refractivity contribution in [3.05, 3.63) is 34.2 Å². The third-order valence-electron chi connectivity index (χ3n) is 3.35. The van der Waals surface area contributed by atoms with Crippen LogP contribution in [0.4, 0.5) is 0 Å². The van der Waals surface area contributed by atoms with Gasteiger partial charge in [0.2, 0.25) is 0 Å². The Morgan fingerprint density at radius 2 is 1.94 bits per heavy atom. The second kappa shape index (κ2) is 4.69. The third kappa shape index (κ3) is 2.01. The Bertz CT molecular complexity index is 559. The van der Waals surface area contributed by atoms with Gasteiger partial charge in [0.25, 0.3) is 0 Å². The molecule has 1 aliphatic carbocycles. The quantitative estimate of drug-likeness (QED) is 0.743. The highest BCUT2D eigenvalue weighted by atomic mass is 35.5. The van der Waals surface area contributed by atoms with E-state index in [2.05, 4.69) is 15.3 Å². The molecular weight excluding hydrogens is 248 g/mol. The Morgan fingerprint density at radius 3 is 2.72 bits per heavy atom. The molecule has 18 heavy (non-hydrogen) atoms. The largest absolute Gasteiger partial charge is 0.201 e. The molecule has 0 bridgehead atoms. The normalized spacial score (nSPS) is 15.2. The Hall–Kier alpha value is -1.42. The van der Waals surface area contributed by atoms with Crippen LogP contribution in [0, 0.1) is 6.92 Å². The van der Waals surface area contributed by atoms with Crippen molar-refractivity contribution in [2.24, 2.45) is 0 Å². The van der Waals surface area contributed by atoms with Crippen molar-refractivity contribution in [1.82, 2.24) is 20.0 Å². The highest BCUT2D eigenvalue weighted by molar-refractivity contribution is 6.30. The van der Waals surface area contributed by atoms with E-state index >= 15 is 0 Å². The van der Waals surface area contributed by atoms with Crippen LogP contribution in [0.5, 0.6) is 0 Å². The molecule has 4 nitrogen and oxygen atoms in total. The van der Waals surface area contributed by atoms with E-state index in [-0.39, 0.29) is 0 Å². The van der Waals surface area contributed by atoms with Gasteiger partial charge in [-0.15, -0.1) is 5.10 Å². The van der Waals surface area contributed by atoms with Crippen LogP contribution in [0.2, 0.25) is 5.15 Å². The lowest BCUT2D eigenvalue weighted by Gasteiger charge is -2.02. The minimum Gasteiger partial charge on any atom is -0.201 e. The summed E-state index contributed by atoms with van der Waals surface area (Å²) < 4.78 is 1.71. The van der Waals surface area contributed by atoms with Crippen molar-refractivity contribution in [2.75, 3.05) is 0 Å². The number of nitrogens with zero attached hydrogens (tertiary/aromatic N) is 4. The van der Waals surface area contributed by atoms with Gasteiger partial charge in [-0.3, -0.25) is 0 Å². The predicted octanol–water partition coefficient (Wildman–Crippen LogP) is 2.89. The van der Waals surface area contributed by atoms with E-state index in [1.807, 2.05) is 19.1 Å². The van der Waals surface area contributed by atoms with Crippen molar-refractivity contribution in [3.8, 4) is 5.82 Å². The topological polar surface area (TPSA) is 43.6 Å². The van der Waals surface area contributed by atoms with E-state index in [1.165, 1.54) is 24.8 Å². The average molecular weight is 263 g/mol. The van der Waals surface area contributed by atoms with Gasteiger partial charge in [0.15, 0.2) is 5.82 Å². The molecular formula is C13H15ClN4. The van der Waals surface area contributed by atoms with Gasteiger partial charge in [0.1, 0.15) is 5.15 Å². The molecule has 0 aromatic carbocycles. The molecule has 0 atom stereocenters. The molecule has 2 aromatic rings. The molecule has 0 spiro atoms. The van der Waals surface area contributed by atoms with Gasteiger partial charge in [0.05, 0.1) is 11.4 Å². The smallest absolute Gasteiger partial charge is 0.177 e. The van der Waals surface area contributed by atoms with Gasteiger partial charge in [-0.25, -0.2) is 4.68 Å². The number of hydrogen-bond donors (Lipinski definition) is 0. The molecule has 0 saturated heterocycles. The van der Waals surface area contributed by atoms with Gasteiger partial charge in [-0.1, -0.05) is 18.0 Å². The Balaban J connectivity index is 2.05. The van der Waals surface area contributed by atoms with Crippen LogP contribution in [0.3, 0.4) is 0 Å². The minimum atomic E-state index is 0.693. The van der Waals surface area contributed by atoms with Gasteiger partial charge in [0, 0.05) is 5.56 Å². The highest BCUT2D eigenvalue weighted by Gasteiger charge is 2.19. The van der Waals surface area contributed by atoms with Crippen LogP contribution in [0.1, 0.15) is 36.2 Å². The molecule has 2 heterocycles. The van der Waals surface area contributed by atoms with Crippen molar-refractivity contribution in [3.63, 3.8) is 0 Å². The monoisotopic (exact) mass is 262 g/mol. The fraction of sp³-hybridized carbons (Fsp3) is 0.462. The van der Waals surface area contributed by atoms with Crippen molar-refractivity contribution in [1.29, 1.82) is 0 Å². The number of aromatic nitrogens is 4. The molecule has 5 heteroatoms. The summed E-state index contributed by atoms with van der Waals surface area (Å²) >= 11 is 6.42. The summed E-state index contributed by atoms with van der Waals surface area (Å²) in [6.45, 7) is 1.91. The maximum atomic E-state index is 6.42. The van der Waals surface area contributed by atoms with Crippen LogP contribution in [-0.2, 0) is 12.8 Å². The highest BCUT2D eigenvalue weighted by Crippen LogP contribution is 2.28. The summed E-state index contributed by atoms with van der Waals surface area (Å²) in [5.74, 6) is 0.693. The van der Waals surface area contributed by atoms with E-state index in [0.717, 1.165) is 24.2 Å². The second-order valence-electron chi connectivity index (χ2n) is 4.72. The zero-order valence-electron chi connectivity index (χ0n) is 10.4. The van der Waals surface area contributed by atoms with Crippen LogP contribution < -0.4 is 0 Å². The lowest BCUT2D eigenvalue weighted by atomic mass is 10.1. The number of rotatable bonds is 1. The van der Waals surface area contributed by atoms with Gasteiger partial charge >= 0.3 is 0 Å². The predicted molar refractivity (Wildman–Crippen MR) is 70.2 cm³/mol. The van der Waals surface area contributed by atoms with E-state index in [9.17, 15) is 0 Å². The summed E-state index contributed by atoms with van der Waals surface area (Å²) in [5.41, 5.74) is 3.21. The van der Waals surface area contributed by atoms with Gasteiger partial charge in [-0.2, -0.15) is 10.2 Å². The van der Waals surface area contributed by atoms with E-state index in [1.54, 1.807) is 4.68 Å². The first-order valence-electron chi connectivity index (χ1n) is 6.32. The zero-order valence-corrected chi connectivity index (χ0v) is 11.1.